The van der Waals surface area contributed by atoms with E-state index in [2.05, 4.69) is 15.2 Å². The number of aliphatic carboxylic acids is 1. The van der Waals surface area contributed by atoms with Crippen LogP contribution in [0.3, 0.4) is 0 Å². The van der Waals surface area contributed by atoms with Crippen LogP contribution in [-0.2, 0) is 11.2 Å². The molecule has 0 bridgehead atoms. The molecule has 0 unspecified atom stereocenters. The van der Waals surface area contributed by atoms with E-state index in [1.807, 2.05) is 24.3 Å². The number of hydrogen-bond acceptors (Lipinski definition) is 6. The number of nitrogens with zero attached hydrogens (tertiary/aromatic N) is 3. The molecule has 0 atom stereocenters. The molecule has 100 valence electrons. The summed E-state index contributed by atoms with van der Waals surface area (Å²) in [7, 11) is 0. The molecule has 0 aliphatic rings. The lowest BCUT2D eigenvalue weighted by atomic mass is 10.2. The summed E-state index contributed by atoms with van der Waals surface area (Å²) < 4.78 is 0.805. The Hall–Kier alpha value is -1.99. The molecule has 1 aromatic carbocycles. The summed E-state index contributed by atoms with van der Waals surface area (Å²) in [4.78, 5) is 15.9. The van der Waals surface area contributed by atoms with Crippen molar-refractivity contribution in [1.29, 1.82) is 0 Å². The quantitative estimate of drug-likeness (QED) is 0.798. The van der Waals surface area contributed by atoms with Crippen molar-refractivity contribution in [1.82, 2.24) is 15.2 Å². The molecule has 3 aromatic rings. The lowest BCUT2D eigenvalue weighted by Gasteiger charge is -2.01. The van der Waals surface area contributed by atoms with Gasteiger partial charge in [-0.05, 0) is 6.07 Å². The molecule has 0 saturated carbocycles. The highest BCUT2D eigenvalue weighted by atomic mass is 32.2. The summed E-state index contributed by atoms with van der Waals surface area (Å²) in [5, 5.41) is 19.6. The number of carboxylic acids is 1. The number of aromatic nitrogens is 3. The van der Waals surface area contributed by atoms with Gasteiger partial charge in [-0.3, -0.25) is 4.79 Å². The van der Waals surface area contributed by atoms with Gasteiger partial charge in [-0.1, -0.05) is 30.0 Å². The van der Waals surface area contributed by atoms with Crippen LogP contribution in [0.4, 0.5) is 0 Å². The third-order valence-corrected chi connectivity index (χ3v) is 4.60. The zero-order chi connectivity index (χ0) is 13.9. The fourth-order valence-corrected chi connectivity index (χ4v) is 3.61. The van der Waals surface area contributed by atoms with Crippen LogP contribution in [0, 0.1) is 0 Å². The predicted octanol–water partition coefficient (Wildman–Crippen LogP) is 2.86. The minimum absolute atomic E-state index is 0.0492. The third kappa shape index (κ3) is 2.78. The van der Waals surface area contributed by atoms with E-state index in [0.29, 0.717) is 5.69 Å². The van der Waals surface area contributed by atoms with Gasteiger partial charge in [-0.25, -0.2) is 4.98 Å². The van der Waals surface area contributed by atoms with Crippen LogP contribution >= 0.6 is 23.1 Å². The van der Waals surface area contributed by atoms with Crippen molar-refractivity contribution in [2.24, 2.45) is 0 Å². The van der Waals surface area contributed by atoms with Crippen molar-refractivity contribution in [3.63, 3.8) is 0 Å². The van der Waals surface area contributed by atoms with E-state index in [-0.39, 0.29) is 6.42 Å². The highest BCUT2D eigenvalue weighted by molar-refractivity contribution is 8.01. The van der Waals surface area contributed by atoms with Crippen LogP contribution in [0.2, 0.25) is 0 Å². The summed E-state index contributed by atoms with van der Waals surface area (Å²) in [6, 6.07) is 7.76. The average molecular weight is 303 g/mol. The van der Waals surface area contributed by atoms with Crippen LogP contribution in [-0.4, -0.2) is 26.3 Å². The fraction of sp³-hybridized carbons (Fsp3) is 0.0769. The van der Waals surface area contributed by atoms with Crippen molar-refractivity contribution in [3.8, 4) is 0 Å². The molecule has 1 N–H and O–H groups in total. The number of thiazole rings is 1. The summed E-state index contributed by atoms with van der Waals surface area (Å²) in [5.74, 6) is -0.872. The maximum atomic E-state index is 10.7. The lowest BCUT2D eigenvalue weighted by molar-refractivity contribution is -0.136. The number of hydrogen-bond donors (Lipinski definition) is 1. The van der Waals surface area contributed by atoms with Crippen LogP contribution in [0.5, 0.6) is 0 Å². The Morgan fingerprint density at radius 3 is 3.05 bits per heavy atom. The van der Waals surface area contributed by atoms with Gasteiger partial charge in [0.2, 0.25) is 0 Å². The Bertz CT molecular complexity index is 768. The molecule has 3 rings (SSSR count). The lowest BCUT2D eigenvalue weighted by Crippen LogP contribution is -1.99. The van der Waals surface area contributed by atoms with E-state index in [0.717, 1.165) is 20.1 Å². The van der Waals surface area contributed by atoms with Gasteiger partial charge in [0, 0.05) is 15.7 Å². The average Bonchev–Trinajstić information content (AvgIpc) is 2.86. The Morgan fingerprint density at radius 2 is 2.20 bits per heavy atom. The first-order valence-corrected chi connectivity index (χ1v) is 7.46. The number of carbonyl (C=O) groups is 1. The van der Waals surface area contributed by atoms with Gasteiger partial charge < -0.3 is 5.11 Å². The van der Waals surface area contributed by atoms with Crippen LogP contribution < -0.4 is 0 Å². The molecule has 2 heterocycles. The number of fused-ring (bicyclic) bond motifs is 1. The highest BCUT2D eigenvalue weighted by Crippen LogP contribution is 2.33. The molecule has 0 saturated heterocycles. The predicted molar refractivity (Wildman–Crippen MR) is 77.1 cm³/mol. The van der Waals surface area contributed by atoms with E-state index >= 15 is 0 Å². The standard InChI is InChI=1S/C13H9N3O2S2/c17-12(18)5-8-7-19-13(15-8)20-11-6-14-16-10-4-2-1-3-9(10)11/h1-4,6-7H,5H2,(H,17,18). The second kappa shape index (κ2) is 5.56. The largest absolute Gasteiger partial charge is 0.481 e. The maximum Gasteiger partial charge on any atom is 0.309 e. The topological polar surface area (TPSA) is 76.0 Å². The van der Waals surface area contributed by atoms with Crippen LogP contribution in [0.1, 0.15) is 5.69 Å². The van der Waals surface area contributed by atoms with Gasteiger partial charge in [-0.2, -0.15) is 10.2 Å². The molecule has 0 radical (unpaired) electrons. The highest BCUT2D eigenvalue weighted by Gasteiger charge is 2.10. The van der Waals surface area contributed by atoms with Crippen molar-refractivity contribution >= 4 is 40.0 Å². The first-order valence-electron chi connectivity index (χ1n) is 5.77. The van der Waals surface area contributed by atoms with Gasteiger partial charge in [0.05, 0.1) is 23.8 Å². The molecule has 0 fully saturated rings. The number of benzene rings is 1. The van der Waals surface area contributed by atoms with Crippen molar-refractivity contribution in [2.75, 3.05) is 0 Å². The Morgan fingerprint density at radius 1 is 1.35 bits per heavy atom. The van der Waals surface area contributed by atoms with Gasteiger partial charge in [-0.15, -0.1) is 11.3 Å². The summed E-state index contributed by atoms with van der Waals surface area (Å²) in [6.45, 7) is 0. The smallest absolute Gasteiger partial charge is 0.309 e. The van der Waals surface area contributed by atoms with E-state index < -0.39 is 5.97 Å². The van der Waals surface area contributed by atoms with Gasteiger partial charge in [0.15, 0.2) is 4.34 Å². The number of carboxylic acid groups (broad SMARTS) is 1. The molecule has 5 nitrogen and oxygen atoms in total. The first-order chi connectivity index (χ1) is 9.72. The Labute approximate surface area is 122 Å². The molecule has 2 aromatic heterocycles. The monoisotopic (exact) mass is 303 g/mol. The molecule has 0 amide bonds. The zero-order valence-electron chi connectivity index (χ0n) is 10.2. The van der Waals surface area contributed by atoms with Crippen molar-refractivity contribution in [2.45, 2.75) is 15.7 Å². The molecular weight excluding hydrogens is 294 g/mol. The molecular formula is C13H9N3O2S2. The molecule has 0 aliphatic carbocycles. The summed E-state index contributed by atoms with van der Waals surface area (Å²) in [5.41, 5.74) is 1.41. The number of rotatable bonds is 4. The minimum Gasteiger partial charge on any atom is -0.481 e. The zero-order valence-corrected chi connectivity index (χ0v) is 11.8. The third-order valence-electron chi connectivity index (χ3n) is 2.57. The normalized spacial score (nSPS) is 10.8. The van der Waals surface area contributed by atoms with Crippen molar-refractivity contribution in [3.05, 3.63) is 41.5 Å². The SMILES string of the molecule is O=C(O)Cc1csc(Sc2cnnc3ccccc23)n1. The van der Waals surface area contributed by atoms with Gasteiger partial charge in [0.1, 0.15) is 0 Å². The second-order valence-electron chi connectivity index (χ2n) is 4.00. The van der Waals surface area contributed by atoms with Crippen LogP contribution in [0.15, 0.2) is 45.1 Å². The van der Waals surface area contributed by atoms with E-state index in [9.17, 15) is 4.79 Å². The maximum absolute atomic E-state index is 10.7. The first kappa shape index (κ1) is 13.0. The Kier molecular flexibility index (Phi) is 3.62. The molecule has 0 aliphatic heterocycles. The second-order valence-corrected chi connectivity index (χ2v) is 6.15. The fourth-order valence-electron chi connectivity index (χ4n) is 1.73. The summed E-state index contributed by atoms with van der Waals surface area (Å²) >= 11 is 2.91. The van der Waals surface area contributed by atoms with E-state index in [1.54, 1.807) is 11.6 Å². The Balaban J connectivity index is 1.89. The molecule has 0 spiro atoms. The molecule has 7 heteroatoms. The van der Waals surface area contributed by atoms with E-state index in [1.165, 1.54) is 23.1 Å². The molecule has 20 heavy (non-hydrogen) atoms. The van der Waals surface area contributed by atoms with Gasteiger partial charge >= 0.3 is 5.97 Å². The van der Waals surface area contributed by atoms with Crippen molar-refractivity contribution < 1.29 is 9.90 Å². The van der Waals surface area contributed by atoms with E-state index in [4.69, 9.17) is 5.11 Å². The minimum atomic E-state index is -0.872. The van der Waals surface area contributed by atoms with Gasteiger partial charge in [0.25, 0.3) is 0 Å². The van der Waals surface area contributed by atoms with Crippen LogP contribution in [0.25, 0.3) is 10.9 Å². The summed E-state index contributed by atoms with van der Waals surface area (Å²) in [6.07, 6.45) is 1.65.